The number of halogens is 1. The number of hydrogen-bond acceptors (Lipinski definition) is 5. The van der Waals surface area contributed by atoms with Crippen molar-refractivity contribution < 1.29 is 19.0 Å². The van der Waals surface area contributed by atoms with Crippen LogP contribution in [-0.4, -0.2) is 28.7 Å². The number of nitrogens with two attached hydrogens (primary N) is 1. The zero-order valence-electron chi connectivity index (χ0n) is 8.35. The van der Waals surface area contributed by atoms with Crippen molar-refractivity contribution in [2.24, 2.45) is 5.73 Å². The van der Waals surface area contributed by atoms with Crippen LogP contribution >= 0.6 is 11.3 Å². The third-order valence-electron chi connectivity index (χ3n) is 2.42. The molecule has 0 aliphatic carbocycles. The average molecular weight is 246 g/mol. The van der Waals surface area contributed by atoms with Gasteiger partial charge in [-0.2, -0.15) is 4.39 Å². The lowest BCUT2D eigenvalue weighted by Gasteiger charge is -2.08. The third-order valence-corrected chi connectivity index (χ3v) is 3.36. The van der Waals surface area contributed by atoms with Crippen LogP contribution in [0, 0.1) is 5.13 Å². The van der Waals surface area contributed by atoms with E-state index in [2.05, 4.69) is 4.98 Å². The number of nitrogens with zero attached hydrogens (tertiary/aromatic N) is 1. The number of thiazole rings is 1. The van der Waals surface area contributed by atoms with Crippen molar-refractivity contribution >= 4 is 17.2 Å². The summed E-state index contributed by atoms with van der Waals surface area (Å²) in [5, 5.41) is 8.61. The summed E-state index contributed by atoms with van der Waals surface area (Å²) in [4.78, 5) is 14.6. The van der Waals surface area contributed by atoms with Crippen molar-refractivity contribution in [3.63, 3.8) is 0 Å². The minimum atomic E-state index is -0.878. The molecule has 2 heterocycles. The molecule has 2 unspecified atom stereocenters. The van der Waals surface area contributed by atoms with Crippen molar-refractivity contribution in [1.29, 1.82) is 0 Å². The quantitative estimate of drug-likeness (QED) is 0.817. The van der Waals surface area contributed by atoms with E-state index in [0.717, 1.165) is 11.3 Å². The molecular weight excluding hydrogens is 235 g/mol. The van der Waals surface area contributed by atoms with Crippen LogP contribution in [0.3, 0.4) is 0 Å². The number of amides is 1. The van der Waals surface area contributed by atoms with E-state index in [1.165, 1.54) is 0 Å². The summed E-state index contributed by atoms with van der Waals surface area (Å²) >= 11 is 0.767. The SMILES string of the molecule is NC(=O)c1nc(C2CCC(CO)O2)sc1F. The topological polar surface area (TPSA) is 85.4 Å². The van der Waals surface area contributed by atoms with Gasteiger partial charge in [-0.15, -0.1) is 0 Å². The minimum absolute atomic E-state index is 0.0625. The molecule has 0 radical (unpaired) electrons. The molecule has 1 saturated heterocycles. The van der Waals surface area contributed by atoms with Crippen molar-refractivity contribution in [2.75, 3.05) is 6.61 Å². The van der Waals surface area contributed by atoms with Crippen LogP contribution in [0.2, 0.25) is 0 Å². The molecular formula is C9H11FN2O3S. The summed E-state index contributed by atoms with van der Waals surface area (Å²) in [6.45, 7) is -0.0625. The number of aliphatic hydroxyl groups is 1. The van der Waals surface area contributed by atoms with Crippen LogP contribution < -0.4 is 5.73 Å². The molecule has 1 aliphatic rings. The smallest absolute Gasteiger partial charge is 0.271 e. The lowest BCUT2D eigenvalue weighted by molar-refractivity contribution is 0.0109. The first-order valence-electron chi connectivity index (χ1n) is 4.84. The number of primary amides is 1. The molecule has 1 aromatic rings. The van der Waals surface area contributed by atoms with Crippen LogP contribution in [0.5, 0.6) is 0 Å². The van der Waals surface area contributed by atoms with Gasteiger partial charge < -0.3 is 15.6 Å². The molecule has 1 aliphatic heterocycles. The van der Waals surface area contributed by atoms with Gasteiger partial charge in [0.2, 0.25) is 5.13 Å². The van der Waals surface area contributed by atoms with Gasteiger partial charge >= 0.3 is 0 Å². The standard InChI is InChI=1S/C9H11FN2O3S/c10-7-6(8(11)14)12-9(16-7)5-2-1-4(3-13)15-5/h4-5,13H,1-3H2,(H2,11,14). The second-order valence-electron chi connectivity index (χ2n) is 3.55. The Hall–Kier alpha value is -1.05. The number of hydrogen-bond donors (Lipinski definition) is 2. The maximum atomic E-state index is 13.2. The molecule has 0 aromatic carbocycles. The predicted molar refractivity (Wildman–Crippen MR) is 54.5 cm³/mol. The van der Waals surface area contributed by atoms with Crippen LogP contribution in [0.4, 0.5) is 4.39 Å². The average Bonchev–Trinajstić information content (AvgIpc) is 2.83. The summed E-state index contributed by atoms with van der Waals surface area (Å²) in [5.41, 5.74) is 4.63. The number of aliphatic hydroxyl groups excluding tert-OH is 1. The Morgan fingerprint density at radius 1 is 1.69 bits per heavy atom. The second kappa shape index (κ2) is 4.44. The molecule has 3 N–H and O–H groups in total. The zero-order chi connectivity index (χ0) is 11.7. The van der Waals surface area contributed by atoms with E-state index in [1.54, 1.807) is 0 Å². The van der Waals surface area contributed by atoms with E-state index in [4.69, 9.17) is 15.6 Å². The molecule has 0 bridgehead atoms. The lowest BCUT2D eigenvalue weighted by atomic mass is 10.2. The number of ether oxygens (including phenoxy) is 1. The van der Waals surface area contributed by atoms with Crippen molar-refractivity contribution in [3.8, 4) is 0 Å². The van der Waals surface area contributed by atoms with Gasteiger partial charge in [-0.25, -0.2) is 4.98 Å². The van der Waals surface area contributed by atoms with E-state index in [1.807, 2.05) is 0 Å². The monoisotopic (exact) mass is 246 g/mol. The number of rotatable bonds is 3. The molecule has 0 spiro atoms. The number of carbonyl (C=O) groups excluding carboxylic acids is 1. The summed E-state index contributed by atoms with van der Waals surface area (Å²) in [6.07, 6.45) is 0.795. The Balaban J connectivity index is 2.16. The van der Waals surface area contributed by atoms with Crippen molar-refractivity contribution in [2.45, 2.75) is 25.0 Å². The third kappa shape index (κ3) is 2.06. The van der Waals surface area contributed by atoms with Crippen molar-refractivity contribution in [1.82, 2.24) is 4.98 Å². The maximum Gasteiger partial charge on any atom is 0.271 e. The second-order valence-corrected chi connectivity index (χ2v) is 4.53. The molecule has 0 saturated carbocycles. The van der Waals surface area contributed by atoms with Gasteiger partial charge in [-0.05, 0) is 12.8 Å². The first-order valence-corrected chi connectivity index (χ1v) is 5.65. The van der Waals surface area contributed by atoms with Gasteiger partial charge in [0.25, 0.3) is 5.91 Å². The first-order chi connectivity index (χ1) is 7.61. The van der Waals surface area contributed by atoms with Crippen LogP contribution in [0.15, 0.2) is 0 Å². The maximum absolute atomic E-state index is 13.2. The summed E-state index contributed by atoms with van der Waals surface area (Å²) in [5.74, 6) is -0.878. The lowest BCUT2D eigenvalue weighted by Crippen LogP contribution is -2.13. The van der Waals surface area contributed by atoms with E-state index in [0.29, 0.717) is 17.8 Å². The van der Waals surface area contributed by atoms with E-state index < -0.39 is 11.0 Å². The first kappa shape index (κ1) is 11.4. The largest absolute Gasteiger partial charge is 0.394 e. The molecule has 1 amide bonds. The highest BCUT2D eigenvalue weighted by Crippen LogP contribution is 2.35. The van der Waals surface area contributed by atoms with E-state index in [9.17, 15) is 9.18 Å². The van der Waals surface area contributed by atoms with E-state index >= 15 is 0 Å². The van der Waals surface area contributed by atoms with E-state index in [-0.39, 0.29) is 24.5 Å². The molecule has 88 valence electrons. The highest BCUT2D eigenvalue weighted by molar-refractivity contribution is 7.10. The Morgan fingerprint density at radius 2 is 2.44 bits per heavy atom. The van der Waals surface area contributed by atoms with Gasteiger partial charge in [0, 0.05) is 0 Å². The number of aromatic nitrogens is 1. The minimum Gasteiger partial charge on any atom is -0.394 e. The van der Waals surface area contributed by atoms with Gasteiger partial charge in [0.1, 0.15) is 11.1 Å². The molecule has 7 heteroatoms. The van der Waals surface area contributed by atoms with Gasteiger partial charge in [0.15, 0.2) is 5.69 Å². The summed E-state index contributed by atoms with van der Waals surface area (Å²) in [7, 11) is 0. The molecule has 2 atom stereocenters. The normalized spacial score (nSPS) is 24.9. The van der Waals surface area contributed by atoms with Crippen molar-refractivity contribution in [3.05, 3.63) is 15.8 Å². The molecule has 1 fully saturated rings. The fraction of sp³-hybridized carbons (Fsp3) is 0.556. The zero-order valence-corrected chi connectivity index (χ0v) is 9.17. The molecule has 2 rings (SSSR count). The molecule has 5 nitrogen and oxygen atoms in total. The fourth-order valence-electron chi connectivity index (χ4n) is 1.63. The summed E-state index contributed by atoms with van der Waals surface area (Å²) < 4.78 is 18.7. The predicted octanol–water partition coefficient (Wildman–Crippen LogP) is 0.594. The summed E-state index contributed by atoms with van der Waals surface area (Å²) in [6, 6.07) is 0. The van der Waals surface area contributed by atoms with Crippen LogP contribution in [0.25, 0.3) is 0 Å². The Bertz CT molecular complexity index is 409. The fourth-order valence-corrected chi connectivity index (χ4v) is 2.50. The van der Waals surface area contributed by atoms with Gasteiger partial charge in [-0.3, -0.25) is 4.79 Å². The molecule has 1 aromatic heterocycles. The van der Waals surface area contributed by atoms with Gasteiger partial charge in [0.05, 0.1) is 12.7 Å². The highest BCUT2D eigenvalue weighted by atomic mass is 32.1. The number of carbonyl (C=O) groups is 1. The highest BCUT2D eigenvalue weighted by Gasteiger charge is 2.30. The Labute approximate surface area is 95.0 Å². The Kier molecular flexibility index (Phi) is 3.17. The molecule has 16 heavy (non-hydrogen) atoms. The van der Waals surface area contributed by atoms with Crippen LogP contribution in [0.1, 0.15) is 34.4 Å². The Morgan fingerprint density at radius 3 is 2.94 bits per heavy atom. The van der Waals surface area contributed by atoms with Crippen LogP contribution in [-0.2, 0) is 4.74 Å². The van der Waals surface area contributed by atoms with Gasteiger partial charge in [-0.1, -0.05) is 11.3 Å².